The number of aliphatic hydroxyl groups is 1. The van der Waals surface area contributed by atoms with E-state index in [1.807, 2.05) is 10.8 Å². The molecule has 6 heteroatoms. The molecule has 132 valence electrons. The predicted molar refractivity (Wildman–Crippen MR) is 94.9 cm³/mol. The Morgan fingerprint density at radius 1 is 1.42 bits per heavy atom. The number of carbonyl (C=O) groups is 1. The van der Waals surface area contributed by atoms with Gasteiger partial charge in [0.2, 0.25) is 0 Å². The summed E-state index contributed by atoms with van der Waals surface area (Å²) < 4.78 is 2.67. The number of halogens is 1. The first-order chi connectivity index (χ1) is 11.4. The van der Waals surface area contributed by atoms with E-state index in [2.05, 4.69) is 11.9 Å². The normalized spacial score (nSPS) is 38.0. The highest BCUT2D eigenvalue weighted by atomic mass is 35.5. The molecule has 4 saturated carbocycles. The van der Waals surface area contributed by atoms with Gasteiger partial charge in [-0.05, 0) is 56.8 Å². The van der Waals surface area contributed by atoms with E-state index in [1.165, 1.54) is 17.8 Å². The van der Waals surface area contributed by atoms with Gasteiger partial charge in [0.1, 0.15) is 4.34 Å². The van der Waals surface area contributed by atoms with Gasteiger partial charge in [0.15, 0.2) is 4.80 Å². The highest BCUT2D eigenvalue weighted by Crippen LogP contribution is 2.61. The Balaban J connectivity index is 1.65. The van der Waals surface area contributed by atoms with Crippen LogP contribution in [0, 0.1) is 17.3 Å². The molecule has 4 nitrogen and oxygen atoms in total. The molecule has 4 fully saturated rings. The van der Waals surface area contributed by atoms with Crippen molar-refractivity contribution in [3.8, 4) is 0 Å². The van der Waals surface area contributed by atoms with Gasteiger partial charge in [0.25, 0.3) is 5.91 Å². The average Bonchev–Trinajstić information content (AvgIpc) is 2.82. The number of unbranched alkanes of at least 4 members (excludes halogenated alkanes) is 1. The quantitative estimate of drug-likeness (QED) is 0.879. The highest BCUT2D eigenvalue weighted by molar-refractivity contribution is 7.13. The van der Waals surface area contributed by atoms with Crippen LogP contribution >= 0.6 is 22.9 Å². The van der Waals surface area contributed by atoms with Crippen LogP contribution in [0.5, 0.6) is 0 Å². The van der Waals surface area contributed by atoms with Crippen LogP contribution in [-0.4, -0.2) is 21.2 Å². The van der Waals surface area contributed by atoms with E-state index in [0.717, 1.165) is 45.1 Å². The molecule has 0 saturated heterocycles. The molecule has 0 radical (unpaired) electrons. The molecule has 1 heterocycles. The maximum atomic E-state index is 13.1. The molecule has 4 aliphatic carbocycles. The van der Waals surface area contributed by atoms with Crippen LogP contribution in [0.25, 0.3) is 0 Å². The van der Waals surface area contributed by atoms with Crippen LogP contribution in [0.4, 0.5) is 0 Å². The van der Waals surface area contributed by atoms with Crippen molar-refractivity contribution in [2.75, 3.05) is 0 Å². The van der Waals surface area contributed by atoms with E-state index in [0.29, 0.717) is 27.4 Å². The Hall–Kier alpha value is -0.650. The molecule has 1 amide bonds. The SMILES string of the molecule is CCCCn1cc(Cl)sc1=NC(=O)C12CC3CC(CC(O)(C3)C1)C2. The van der Waals surface area contributed by atoms with Crippen LogP contribution in [0.2, 0.25) is 4.34 Å². The van der Waals surface area contributed by atoms with E-state index in [-0.39, 0.29) is 5.91 Å². The lowest BCUT2D eigenvalue weighted by atomic mass is 9.47. The second kappa shape index (κ2) is 5.96. The lowest BCUT2D eigenvalue weighted by Crippen LogP contribution is -2.58. The highest BCUT2D eigenvalue weighted by Gasteiger charge is 2.60. The van der Waals surface area contributed by atoms with Crippen molar-refractivity contribution in [1.29, 1.82) is 0 Å². The van der Waals surface area contributed by atoms with Crippen molar-refractivity contribution in [3.05, 3.63) is 15.3 Å². The summed E-state index contributed by atoms with van der Waals surface area (Å²) in [5, 5.41) is 10.8. The van der Waals surface area contributed by atoms with Gasteiger partial charge in [-0.15, -0.1) is 0 Å². The molecule has 0 spiro atoms. The first-order valence-electron chi connectivity index (χ1n) is 9.09. The molecule has 0 aromatic carbocycles. The number of hydrogen-bond donors (Lipinski definition) is 1. The van der Waals surface area contributed by atoms with E-state index >= 15 is 0 Å². The molecule has 4 aliphatic rings. The topological polar surface area (TPSA) is 54.6 Å². The first kappa shape index (κ1) is 16.8. The molecular formula is C18H25ClN2O2S. The number of carbonyl (C=O) groups excluding carboxylic acids is 1. The average molecular weight is 369 g/mol. The maximum Gasteiger partial charge on any atom is 0.254 e. The standard InChI is InChI=1S/C18H25ClN2O2S/c1-2-3-4-21-10-14(19)24-16(21)20-15(22)17-6-12-5-13(7-17)9-18(23,8-12)11-17/h10,12-13,23H,2-9,11H2,1H3. The lowest BCUT2D eigenvalue weighted by molar-refractivity contribution is -0.175. The zero-order valence-electron chi connectivity index (χ0n) is 14.1. The zero-order valence-corrected chi connectivity index (χ0v) is 15.7. The third kappa shape index (κ3) is 2.89. The number of amides is 1. The van der Waals surface area contributed by atoms with Gasteiger partial charge < -0.3 is 9.67 Å². The van der Waals surface area contributed by atoms with E-state index in [4.69, 9.17) is 11.6 Å². The van der Waals surface area contributed by atoms with Crippen LogP contribution in [0.3, 0.4) is 0 Å². The van der Waals surface area contributed by atoms with E-state index < -0.39 is 11.0 Å². The molecule has 0 aliphatic heterocycles. The summed E-state index contributed by atoms with van der Waals surface area (Å²) in [5.74, 6) is 0.961. The summed E-state index contributed by atoms with van der Waals surface area (Å²) in [6, 6.07) is 0. The van der Waals surface area contributed by atoms with Crippen LogP contribution in [0.1, 0.15) is 58.3 Å². The van der Waals surface area contributed by atoms with E-state index in [9.17, 15) is 9.90 Å². The number of thiazole rings is 1. The maximum absolute atomic E-state index is 13.1. The number of hydrogen-bond acceptors (Lipinski definition) is 3. The monoisotopic (exact) mass is 368 g/mol. The molecule has 24 heavy (non-hydrogen) atoms. The van der Waals surface area contributed by atoms with Crippen molar-refractivity contribution >= 4 is 28.8 Å². The minimum atomic E-state index is -0.624. The first-order valence-corrected chi connectivity index (χ1v) is 10.3. The van der Waals surface area contributed by atoms with Crippen molar-refractivity contribution in [2.45, 2.75) is 70.4 Å². The van der Waals surface area contributed by atoms with Crippen molar-refractivity contribution < 1.29 is 9.90 Å². The number of aryl methyl sites for hydroxylation is 1. The van der Waals surface area contributed by atoms with Crippen LogP contribution < -0.4 is 4.80 Å². The number of rotatable bonds is 4. The fourth-order valence-corrected chi connectivity index (χ4v) is 6.66. The Bertz CT molecular complexity index is 709. The van der Waals surface area contributed by atoms with Crippen molar-refractivity contribution in [3.63, 3.8) is 0 Å². The van der Waals surface area contributed by atoms with Gasteiger partial charge in [0, 0.05) is 12.7 Å². The minimum absolute atomic E-state index is 0.0289. The lowest BCUT2D eigenvalue weighted by Gasteiger charge is -2.58. The molecule has 1 aromatic heterocycles. The predicted octanol–water partition coefficient (Wildman–Crippen LogP) is 3.76. The summed E-state index contributed by atoms with van der Waals surface area (Å²) in [5.41, 5.74) is -1.06. The van der Waals surface area contributed by atoms with Gasteiger partial charge in [0.05, 0.1) is 11.0 Å². The van der Waals surface area contributed by atoms with Gasteiger partial charge >= 0.3 is 0 Å². The molecule has 2 atom stereocenters. The van der Waals surface area contributed by atoms with Gasteiger partial charge in [-0.25, -0.2) is 0 Å². The van der Waals surface area contributed by atoms with Crippen LogP contribution in [-0.2, 0) is 11.3 Å². The van der Waals surface area contributed by atoms with E-state index in [1.54, 1.807) is 0 Å². The third-order valence-corrected chi connectivity index (χ3v) is 7.26. The summed E-state index contributed by atoms with van der Waals surface area (Å²) in [7, 11) is 0. The largest absolute Gasteiger partial charge is 0.390 e. The summed E-state index contributed by atoms with van der Waals surface area (Å²) in [4.78, 5) is 18.3. The molecular weight excluding hydrogens is 344 g/mol. The second-order valence-corrected chi connectivity index (χ2v) is 9.89. The van der Waals surface area contributed by atoms with Gasteiger partial charge in [-0.2, -0.15) is 4.99 Å². The zero-order chi connectivity index (χ0) is 16.9. The molecule has 5 rings (SSSR count). The molecule has 4 bridgehead atoms. The summed E-state index contributed by atoms with van der Waals surface area (Å²) >= 11 is 7.53. The smallest absolute Gasteiger partial charge is 0.254 e. The second-order valence-electron chi connectivity index (χ2n) is 8.25. The minimum Gasteiger partial charge on any atom is -0.390 e. The van der Waals surface area contributed by atoms with Crippen molar-refractivity contribution in [1.82, 2.24) is 4.57 Å². The Kier molecular flexibility index (Phi) is 4.17. The van der Waals surface area contributed by atoms with Gasteiger partial charge in [-0.3, -0.25) is 4.79 Å². The van der Waals surface area contributed by atoms with Gasteiger partial charge in [-0.1, -0.05) is 36.3 Å². The molecule has 2 unspecified atom stereocenters. The summed E-state index contributed by atoms with van der Waals surface area (Å²) in [6.07, 6.45) is 9.35. The summed E-state index contributed by atoms with van der Waals surface area (Å²) in [6.45, 7) is 2.99. The van der Waals surface area contributed by atoms with Crippen LogP contribution in [0.15, 0.2) is 11.2 Å². The number of nitrogens with zero attached hydrogens (tertiary/aromatic N) is 2. The Morgan fingerprint density at radius 3 is 2.75 bits per heavy atom. The van der Waals surface area contributed by atoms with Crippen molar-refractivity contribution in [2.24, 2.45) is 22.2 Å². The molecule has 1 aromatic rings. The Labute approximate surface area is 151 Å². The molecule has 1 N–H and O–H groups in total. The fourth-order valence-electron chi connectivity index (χ4n) is 5.60. The Morgan fingerprint density at radius 2 is 2.12 bits per heavy atom. The third-order valence-electron chi connectivity index (χ3n) is 6.13. The number of aromatic nitrogens is 1. The fraction of sp³-hybridized carbons (Fsp3) is 0.778.